The van der Waals surface area contributed by atoms with Gasteiger partial charge in [-0.2, -0.15) is 0 Å². The van der Waals surface area contributed by atoms with E-state index in [-0.39, 0.29) is 0 Å². The lowest BCUT2D eigenvalue weighted by atomic mass is 9.93. The van der Waals surface area contributed by atoms with Gasteiger partial charge in [-0.25, -0.2) is 0 Å². The van der Waals surface area contributed by atoms with Crippen molar-refractivity contribution < 1.29 is 4.74 Å². The summed E-state index contributed by atoms with van der Waals surface area (Å²) in [5.41, 5.74) is 0.404. The van der Waals surface area contributed by atoms with Gasteiger partial charge >= 0.3 is 0 Å². The van der Waals surface area contributed by atoms with Crippen molar-refractivity contribution in [3.63, 3.8) is 0 Å². The third kappa shape index (κ3) is 7.34. The predicted molar refractivity (Wildman–Crippen MR) is 60.5 cm³/mol. The smallest absolute Gasteiger partial charge is 0.0590 e. The lowest BCUT2D eigenvalue weighted by molar-refractivity contribution is 0.110. The molecule has 0 heterocycles. The highest BCUT2D eigenvalue weighted by molar-refractivity contribution is 4.74. The topological polar surface area (TPSA) is 21.3 Å². The zero-order valence-electron chi connectivity index (χ0n) is 9.94. The Kier molecular flexibility index (Phi) is 4.90. The van der Waals surface area contributed by atoms with E-state index in [1.807, 2.05) is 0 Å². The van der Waals surface area contributed by atoms with Crippen LogP contribution in [0.15, 0.2) is 0 Å². The van der Waals surface area contributed by atoms with Gasteiger partial charge in [0.15, 0.2) is 0 Å². The van der Waals surface area contributed by atoms with Crippen molar-refractivity contribution in [2.24, 2.45) is 11.3 Å². The molecule has 0 bridgehead atoms. The van der Waals surface area contributed by atoms with Gasteiger partial charge in [-0.05, 0) is 37.1 Å². The maximum Gasteiger partial charge on any atom is 0.0590 e. The summed E-state index contributed by atoms with van der Waals surface area (Å²) < 4.78 is 5.55. The van der Waals surface area contributed by atoms with E-state index in [0.717, 1.165) is 32.1 Å². The minimum atomic E-state index is 0.404. The molecule has 1 aliphatic rings. The Hall–Kier alpha value is -0.0800. The second-order valence-electron chi connectivity index (χ2n) is 5.57. The van der Waals surface area contributed by atoms with E-state index in [2.05, 4.69) is 26.1 Å². The largest absolute Gasteiger partial charge is 0.380 e. The summed E-state index contributed by atoms with van der Waals surface area (Å²) in [5, 5.41) is 3.42. The molecule has 2 nitrogen and oxygen atoms in total. The summed E-state index contributed by atoms with van der Waals surface area (Å²) in [4.78, 5) is 0. The van der Waals surface area contributed by atoms with Crippen molar-refractivity contribution in [3.8, 4) is 0 Å². The Morgan fingerprint density at radius 2 is 1.93 bits per heavy atom. The van der Waals surface area contributed by atoms with Crippen LogP contribution < -0.4 is 5.32 Å². The highest BCUT2D eigenvalue weighted by atomic mass is 16.5. The van der Waals surface area contributed by atoms with Crippen molar-refractivity contribution in [1.29, 1.82) is 0 Å². The summed E-state index contributed by atoms with van der Waals surface area (Å²) in [6, 6.07) is 0. The third-order valence-corrected chi connectivity index (χ3v) is 2.55. The fourth-order valence-corrected chi connectivity index (χ4v) is 1.25. The standard InChI is InChI=1S/C12H25NO/c1-12(2,3)6-8-14-9-7-13-10-11-4-5-11/h11,13H,4-10H2,1-3H3. The molecule has 84 valence electrons. The van der Waals surface area contributed by atoms with Gasteiger partial charge in [0, 0.05) is 13.2 Å². The normalized spacial score (nSPS) is 17.4. The Morgan fingerprint density at radius 3 is 2.50 bits per heavy atom. The molecular weight excluding hydrogens is 174 g/mol. The first kappa shape index (κ1) is 12.0. The molecule has 0 amide bonds. The van der Waals surface area contributed by atoms with Crippen molar-refractivity contribution in [2.45, 2.75) is 40.0 Å². The van der Waals surface area contributed by atoms with Gasteiger partial charge in [0.25, 0.3) is 0 Å². The Labute approximate surface area is 88.4 Å². The average Bonchev–Trinajstić information content (AvgIpc) is 2.84. The number of hydrogen-bond acceptors (Lipinski definition) is 2. The first-order valence-electron chi connectivity index (χ1n) is 5.86. The van der Waals surface area contributed by atoms with Gasteiger partial charge in [-0.3, -0.25) is 0 Å². The average molecular weight is 199 g/mol. The van der Waals surface area contributed by atoms with E-state index in [0.29, 0.717) is 5.41 Å². The molecule has 0 atom stereocenters. The van der Waals surface area contributed by atoms with Gasteiger partial charge in [-0.15, -0.1) is 0 Å². The van der Waals surface area contributed by atoms with E-state index < -0.39 is 0 Å². The van der Waals surface area contributed by atoms with Gasteiger partial charge in [-0.1, -0.05) is 20.8 Å². The molecule has 0 spiro atoms. The fraction of sp³-hybridized carbons (Fsp3) is 1.00. The molecule has 1 fully saturated rings. The summed E-state index contributed by atoms with van der Waals surface area (Å²) >= 11 is 0. The highest BCUT2D eigenvalue weighted by Crippen LogP contribution is 2.27. The van der Waals surface area contributed by atoms with Crippen LogP contribution in [-0.4, -0.2) is 26.3 Å². The molecule has 0 aromatic heterocycles. The molecule has 0 radical (unpaired) electrons. The molecule has 1 N–H and O–H groups in total. The molecule has 1 aliphatic carbocycles. The second kappa shape index (κ2) is 5.72. The molecule has 14 heavy (non-hydrogen) atoms. The zero-order valence-corrected chi connectivity index (χ0v) is 9.94. The van der Waals surface area contributed by atoms with Crippen LogP contribution in [0.25, 0.3) is 0 Å². The Balaban J connectivity index is 1.75. The monoisotopic (exact) mass is 199 g/mol. The van der Waals surface area contributed by atoms with Crippen LogP contribution in [0.1, 0.15) is 40.0 Å². The second-order valence-corrected chi connectivity index (χ2v) is 5.57. The first-order chi connectivity index (χ1) is 6.58. The summed E-state index contributed by atoms with van der Waals surface area (Å²) in [6.07, 6.45) is 4.01. The van der Waals surface area contributed by atoms with Crippen LogP contribution in [-0.2, 0) is 4.74 Å². The van der Waals surface area contributed by atoms with Crippen molar-refractivity contribution in [1.82, 2.24) is 5.32 Å². The van der Waals surface area contributed by atoms with Gasteiger partial charge in [0.05, 0.1) is 6.61 Å². The zero-order chi connectivity index (χ0) is 10.4. The van der Waals surface area contributed by atoms with Gasteiger partial charge < -0.3 is 10.1 Å². The van der Waals surface area contributed by atoms with E-state index >= 15 is 0 Å². The lowest BCUT2D eigenvalue weighted by Gasteiger charge is -2.17. The predicted octanol–water partition coefficient (Wildman–Crippen LogP) is 2.44. The summed E-state index contributed by atoms with van der Waals surface area (Å²) in [7, 11) is 0. The molecule has 2 heteroatoms. The SMILES string of the molecule is CC(C)(C)CCOCCNCC1CC1. The van der Waals surface area contributed by atoms with Crippen LogP contribution in [0.3, 0.4) is 0 Å². The highest BCUT2D eigenvalue weighted by Gasteiger charge is 2.19. The van der Waals surface area contributed by atoms with E-state index in [9.17, 15) is 0 Å². The molecule has 0 aromatic rings. The number of hydrogen-bond donors (Lipinski definition) is 1. The summed E-state index contributed by atoms with van der Waals surface area (Å²) in [5.74, 6) is 0.976. The van der Waals surface area contributed by atoms with Crippen molar-refractivity contribution in [2.75, 3.05) is 26.3 Å². The third-order valence-electron chi connectivity index (χ3n) is 2.55. The van der Waals surface area contributed by atoms with Gasteiger partial charge in [0.1, 0.15) is 0 Å². The molecule has 1 saturated carbocycles. The molecular formula is C12H25NO. The van der Waals surface area contributed by atoms with Crippen molar-refractivity contribution >= 4 is 0 Å². The minimum absolute atomic E-state index is 0.404. The first-order valence-corrected chi connectivity index (χ1v) is 5.86. The van der Waals surface area contributed by atoms with E-state index in [1.54, 1.807) is 0 Å². The number of rotatable bonds is 7. The van der Waals surface area contributed by atoms with E-state index in [4.69, 9.17) is 4.74 Å². The van der Waals surface area contributed by atoms with Gasteiger partial charge in [0.2, 0.25) is 0 Å². The van der Waals surface area contributed by atoms with E-state index in [1.165, 1.54) is 19.4 Å². The number of nitrogens with one attached hydrogen (secondary N) is 1. The molecule has 0 aromatic carbocycles. The number of ether oxygens (including phenoxy) is 1. The minimum Gasteiger partial charge on any atom is -0.380 e. The van der Waals surface area contributed by atoms with Crippen LogP contribution in [0, 0.1) is 11.3 Å². The van der Waals surface area contributed by atoms with Crippen LogP contribution in [0.2, 0.25) is 0 Å². The maximum atomic E-state index is 5.55. The maximum absolute atomic E-state index is 5.55. The Morgan fingerprint density at radius 1 is 1.21 bits per heavy atom. The summed E-state index contributed by atoms with van der Waals surface area (Å²) in [6.45, 7) is 10.7. The quantitative estimate of drug-likeness (QED) is 0.636. The fourth-order valence-electron chi connectivity index (χ4n) is 1.25. The van der Waals surface area contributed by atoms with Crippen LogP contribution in [0.5, 0.6) is 0 Å². The van der Waals surface area contributed by atoms with Crippen LogP contribution in [0.4, 0.5) is 0 Å². The molecule has 1 rings (SSSR count). The van der Waals surface area contributed by atoms with Crippen LogP contribution >= 0.6 is 0 Å². The van der Waals surface area contributed by atoms with Crippen molar-refractivity contribution in [3.05, 3.63) is 0 Å². The Bertz CT molecular complexity index is 147. The molecule has 0 saturated heterocycles. The molecule has 0 aliphatic heterocycles. The molecule has 0 unspecified atom stereocenters. The lowest BCUT2D eigenvalue weighted by Crippen LogP contribution is -2.22.